The Balaban J connectivity index is 1.83. The van der Waals surface area contributed by atoms with Crippen molar-refractivity contribution in [2.75, 3.05) is 0 Å². The number of halogens is 1. The first-order valence-electron chi connectivity index (χ1n) is 6.22. The molecule has 0 aliphatic rings. The van der Waals surface area contributed by atoms with Gasteiger partial charge in [0.25, 0.3) is 0 Å². The molecule has 3 rings (SSSR count). The zero-order valence-corrected chi connectivity index (χ0v) is 11.6. The Bertz CT molecular complexity index is 781. The summed E-state index contributed by atoms with van der Waals surface area (Å²) >= 11 is 5.80. The van der Waals surface area contributed by atoms with Gasteiger partial charge in [0.15, 0.2) is 0 Å². The van der Waals surface area contributed by atoms with Crippen LogP contribution >= 0.6 is 11.6 Å². The molecule has 0 bridgehead atoms. The van der Waals surface area contributed by atoms with E-state index in [2.05, 4.69) is 4.98 Å². The molecule has 0 saturated heterocycles. The SMILES string of the molecule is O=C(O)c1cc(Cl)ccc1OCc1cn2ccccc2n1. The minimum Gasteiger partial charge on any atom is -0.486 e. The number of rotatable bonds is 4. The Morgan fingerprint density at radius 2 is 2.19 bits per heavy atom. The molecule has 6 heteroatoms. The maximum Gasteiger partial charge on any atom is 0.339 e. The zero-order valence-electron chi connectivity index (χ0n) is 10.9. The minimum atomic E-state index is -1.08. The van der Waals surface area contributed by atoms with Crippen LogP contribution in [0, 0.1) is 0 Å². The molecular weight excluding hydrogens is 292 g/mol. The summed E-state index contributed by atoms with van der Waals surface area (Å²) in [5, 5.41) is 9.50. The number of hydrogen-bond donors (Lipinski definition) is 1. The molecule has 1 aromatic carbocycles. The number of carbonyl (C=O) groups is 1. The maximum atomic E-state index is 11.2. The Morgan fingerprint density at radius 1 is 1.33 bits per heavy atom. The summed E-state index contributed by atoms with van der Waals surface area (Å²) < 4.78 is 7.43. The third-order valence-electron chi connectivity index (χ3n) is 2.96. The predicted octanol–water partition coefficient (Wildman–Crippen LogP) is 3.26. The third-order valence-corrected chi connectivity index (χ3v) is 3.20. The van der Waals surface area contributed by atoms with Crippen LogP contribution in [0.5, 0.6) is 5.75 Å². The fourth-order valence-electron chi connectivity index (χ4n) is 2.00. The average Bonchev–Trinajstić information content (AvgIpc) is 2.88. The number of pyridine rings is 1. The van der Waals surface area contributed by atoms with E-state index < -0.39 is 5.97 Å². The molecule has 0 amide bonds. The van der Waals surface area contributed by atoms with Crippen LogP contribution in [0.2, 0.25) is 5.02 Å². The van der Waals surface area contributed by atoms with Crippen LogP contribution in [0.25, 0.3) is 5.65 Å². The Hall–Kier alpha value is -2.53. The molecule has 3 aromatic rings. The minimum absolute atomic E-state index is 0.0336. The monoisotopic (exact) mass is 302 g/mol. The smallest absolute Gasteiger partial charge is 0.339 e. The number of aromatic nitrogens is 2. The third kappa shape index (κ3) is 2.83. The number of imidazole rings is 1. The van der Waals surface area contributed by atoms with Gasteiger partial charge in [-0.3, -0.25) is 0 Å². The number of carboxylic acids is 1. The van der Waals surface area contributed by atoms with Crippen molar-refractivity contribution in [3.8, 4) is 5.75 Å². The van der Waals surface area contributed by atoms with E-state index in [9.17, 15) is 4.79 Å². The highest BCUT2D eigenvalue weighted by molar-refractivity contribution is 6.31. The molecule has 2 aromatic heterocycles. The molecular formula is C15H11ClN2O3. The standard InChI is InChI=1S/C15H11ClN2O3/c16-10-4-5-13(12(7-10)15(19)20)21-9-11-8-18-6-2-1-3-14(18)17-11/h1-8H,9H2,(H,19,20). The molecule has 5 nitrogen and oxygen atoms in total. The van der Waals surface area contributed by atoms with E-state index in [-0.39, 0.29) is 17.9 Å². The highest BCUT2D eigenvalue weighted by atomic mass is 35.5. The molecule has 21 heavy (non-hydrogen) atoms. The molecule has 0 saturated carbocycles. The fourth-order valence-corrected chi connectivity index (χ4v) is 2.18. The molecule has 0 radical (unpaired) electrons. The summed E-state index contributed by atoms with van der Waals surface area (Å²) in [6, 6.07) is 10.2. The summed E-state index contributed by atoms with van der Waals surface area (Å²) in [4.78, 5) is 15.6. The van der Waals surface area contributed by atoms with E-state index in [1.165, 1.54) is 6.07 Å². The molecule has 0 unspecified atom stereocenters. The van der Waals surface area contributed by atoms with Crippen molar-refractivity contribution in [3.05, 3.63) is 65.1 Å². The van der Waals surface area contributed by atoms with Gasteiger partial charge in [0.1, 0.15) is 23.6 Å². The van der Waals surface area contributed by atoms with E-state index >= 15 is 0 Å². The summed E-state index contributed by atoms with van der Waals surface area (Å²) in [6.45, 7) is 0.184. The molecule has 0 fully saturated rings. The number of hydrogen-bond acceptors (Lipinski definition) is 3. The lowest BCUT2D eigenvalue weighted by Gasteiger charge is -2.07. The first kappa shape index (κ1) is 13.5. The molecule has 1 N–H and O–H groups in total. The van der Waals surface area contributed by atoms with E-state index in [1.807, 2.05) is 35.0 Å². The van der Waals surface area contributed by atoms with Crippen LogP contribution in [-0.2, 0) is 6.61 Å². The first-order chi connectivity index (χ1) is 10.1. The van der Waals surface area contributed by atoms with Crippen LogP contribution in [0.15, 0.2) is 48.8 Å². The lowest BCUT2D eigenvalue weighted by atomic mass is 10.2. The van der Waals surface area contributed by atoms with Crippen molar-refractivity contribution in [2.24, 2.45) is 0 Å². The van der Waals surface area contributed by atoms with Gasteiger partial charge in [-0.15, -0.1) is 0 Å². The summed E-state index contributed by atoms with van der Waals surface area (Å²) in [7, 11) is 0. The summed E-state index contributed by atoms with van der Waals surface area (Å²) in [5.41, 5.74) is 1.56. The largest absolute Gasteiger partial charge is 0.486 e. The number of nitrogens with zero attached hydrogens (tertiary/aromatic N) is 2. The molecule has 2 heterocycles. The quantitative estimate of drug-likeness (QED) is 0.803. The number of ether oxygens (including phenoxy) is 1. The Kier molecular flexibility index (Phi) is 3.50. The van der Waals surface area contributed by atoms with Gasteiger partial charge >= 0.3 is 5.97 Å². The lowest BCUT2D eigenvalue weighted by Crippen LogP contribution is -2.03. The van der Waals surface area contributed by atoms with Crippen LogP contribution in [-0.4, -0.2) is 20.5 Å². The predicted molar refractivity (Wildman–Crippen MR) is 77.9 cm³/mol. The van der Waals surface area contributed by atoms with Gasteiger partial charge < -0.3 is 14.2 Å². The van der Waals surface area contributed by atoms with Crippen LogP contribution in [0.4, 0.5) is 0 Å². The second-order valence-electron chi connectivity index (χ2n) is 4.43. The molecule has 0 atom stereocenters. The van der Waals surface area contributed by atoms with Crippen LogP contribution < -0.4 is 4.74 Å². The highest BCUT2D eigenvalue weighted by Gasteiger charge is 2.12. The van der Waals surface area contributed by atoms with Gasteiger partial charge in [-0.05, 0) is 30.3 Å². The molecule has 106 valence electrons. The van der Waals surface area contributed by atoms with Gasteiger partial charge in [-0.2, -0.15) is 0 Å². The van der Waals surface area contributed by atoms with Gasteiger partial charge in [-0.1, -0.05) is 17.7 Å². The van der Waals surface area contributed by atoms with E-state index in [4.69, 9.17) is 21.4 Å². The van der Waals surface area contributed by atoms with Gasteiger partial charge in [0.2, 0.25) is 0 Å². The number of benzene rings is 1. The van der Waals surface area contributed by atoms with E-state index in [0.29, 0.717) is 10.7 Å². The van der Waals surface area contributed by atoms with Crippen molar-refractivity contribution in [3.63, 3.8) is 0 Å². The lowest BCUT2D eigenvalue weighted by molar-refractivity contribution is 0.0691. The second kappa shape index (κ2) is 5.46. The number of fused-ring (bicyclic) bond motifs is 1. The molecule has 0 spiro atoms. The van der Waals surface area contributed by atoms with Crippen molar-refractivity contribution < 1.29 is 14.6 Å². The van der Waals surface area contributed by atoms with Crippen LogP contribution in [0.1, 0.15) is 16.1 Å². The van der Waals surface area contributed by atoms with Crippen molar-refractivity contribution >= 4 is 23.2 Å². The summed E-state index contributed by atoms with van der Waals surface area (Å²) in [6.07, 6.45) is 3.72. The Morgan fingerprint density at radius 3 is 2.95 bits per heavy atom. The van der Waals surface area contributed by atoms with E-state index in [1.54, 1.807) is 12.1 Å². The van der Waals surface area contributed by atoms with Crippen molar-refractivity contribution in [1.29, 1.82) is 0 Å². The molecule has 0 aliphatic heterocycles. The zero-order chi connectivity index (χ0) is 14.8. The molecule has 0 aliphatic carbocycles. The number of carboxylic acid groups (broad SMARTS) is 1. The van der Waals surface area contributed by atoms with E-state index in [0.717, 1.165) is 5.65 Å². The van der Waals surface area contributed by atoms with Gasteiger partial charge in [-0.25, -0.2) is 9.78 Å². The van der Waals surface area contributed by atoms with Gasteiger partial charge in [0, 0.05) is 17.4 Å². The fraction of sp³-hybridized carbons (Fsp3) is 0.0667. The summed E-state index contributed by atoms with van der Waals surface area (Å²) in [5.74, 6) is -0.813. The second-order valence-corrected chi connectivity index (χ2v) is 4.87. The van der Waals surface area contributed by atoms with Crippen molar-refractivity contribution in [2.45, 2.75) is 6.61 Å². The highest BCUT2D eigenvalue weighted by Crippen LogP contribution is 2.23. The number of aromatic carboxylic acids is 1. The average molecular weight is 303 g/mol. The van der Waals surface area contributed by atoms with Crippen molar-refractivity contribution in [1.82, 2.24) is 9.38 Å². The van der Waals surface area contributed by atoms with Gasteiger partial charge in [0.05, 0.1) is 5.69 Å². The maximum absolute atomic E-state index is 11.2. The van der Waals surface area contributed by atoms with Crippen LogP contribution in [0.3, 0.4) is 0 Å². The Labute approximate surface area is 125 Å². The normalized spacial score (nSPS) is 10.7. The topological polar surface area (TPSA) is 63.8 Å². The first-order valence-corrected chi connectivity index (χ1v) is 6.59.